The third-order valence-corrected chi connectivity index (χ3v) is 3.03. The molecule has 0 aliphatic heterocycles. The highest BCUT2D eigenvalue weighted by atomic mass is 14.9. The SMILES string of the molecule is Cc1cnccc1NCCCNc1ccncc1C. The van der Waals surface area contributed by atoms with Crippen molar-refractivity contribution in [3.63, 3.8) is 0 Å². The van der Waals surface area contributed by atoms with Crippen LogP contribution in [0.5, 0.6) is 0 Å². The molecular formula is C15H20N4. The van der Waals surface area contributed by atoms with Gasteiger partial charge >= 0.3 is 0 Å². The lowest BCUT2D eigenvalue weighted by molar-refractivity contribution is 0.906. The minimum Gasteiger partial charge on any atom is -0.385 e. The van der Waals surface area contributed by atoms with Crippen molar-refractivity contribution in [3.8, 4) is 0 Å². The minimum atomic E-state index is 0.946. The second-order valence-corrected chi connectivity index (χ2v) is 4.59. The van der Waals surface area contributed by atoms with Crippen LogP contribution in [0, 0.1) is 13.8 Å². The van der Waals surface area contributed by atoms with E-state index in [1.807, 2.05) is 36.9 Å². The molecule has 0 radical (unpaired) electrons. The molecule has 2 heterocycles. The van der Waals surface area contributed by atoms with Crippen molar-refractivity contribution >= 4 is 11.4 Å². The van der Waals surface area contributed by atoms with Gasteiger partial charge in [-0.1, -0.05) is 0 Å². The van der Waals surface area contributed by atoms with Crippen molar-refractivity contribution in [2.75, 3.05) is 23.7 Å². The molecule has 0 bridgehead atoms. The van der Waals surface area contributed by atoms with Crippen LogP contribution in [0.15, 0.2) is 36.9 Å². The predicted molar refractivity (Wildman–Crippen MR) is 79.5 cm³/mol. The van der Waals surface area contributed by atoms with Gasteiger partial charge in [0.05, 0.1) is 0 Å². The van der Waals surface area contributed by atoms with Gasteiger partial charge in [0, 0.05) is 49.3 Å². The quantitative estimate of drug-likeness (QED) is 0.780. The van der Waals surface area contributed by atoms with Crippen molar-refractivity contribution in [1.29, 1.82) is 0 Å². The Bertz CT molecular complexity index is 478. The normalized spacial score (nSPS) is 10.2. The summed E-state index contributed by atoms with van der Waals surface area (Å²) in [6, 6.07) is 4.02. The zero-order valence-corrected chi connectivity index (χ0v) is 11.5. The molecular weight excluding hydrogens is 236 g/mol. The molecule has 0 aromatic carbocycles. The molecule has 0 unspecified atom stereocenters. The zero-order chi connectivity index (χ0) is 13.5. The summed E-state index contributed by atoms with van der Waals surface area (Å²) in [5.41, 5.74) is 4.69. The highest BCUT2D eigenvalue weighted by molar-refractivity contribution is 5.49. The van der Waals surface area contributed by atoms with Crippen LogP contribution in [0.25, 0.3) is 0 Å². The topological polar surface area (TPSA) is 49.8 Å². The third-order valence-electron chi connectivity index (χ3n) is 3.03. The smallest absolute Gasteiger partial charge is 0.0400 e. The maximum Gasteiger partial charge on any atom is 0.0400 e. The molecule has 0 spiro atoms. The van der Waals surface area contributed by atoms with E-state index in [2.05, 4.69) is 34.4 Å². The molecule has 0 aliphatic carbocycles. The van der Waals surface area contributed by atoms with Crippen LogP contribution in [-0.2, 0) is 0 Å². The Morgan fingerprint density at radius 1 is 0.842 bits per heavy atom. The molecule has 2 aromatic heterocycles. The van der Waals surface area contributed by atoms with Crippen molar-refractivity contribution in [2.24, 2.45) is 0 Å². The predicted octanol–water partition coefficient (Wildman–Crippen LogP) is 3.01. The van der Waals surface area contributed by atoms with E-state index < -0.39 is 0 Å². The summed E-state index contributed by atoms with van der Waals surface area (Å²) in [6.45, 7) is 6.02. The van der Waals surface area contributed by atoms with Crippen LogP contribution in [0.2, 0.25) is 0 Å². The Kier molecular flexibility index (Phi) is 4.72. The Hall–Kier alpha value is -2.10. The first-order valence-corrected chi connectivity index (χ1v) is 6.56. The number of rotatable bonds is 6. The molecule has 2 aromatic rings. The van der Waals surface area contributed by atoms with Crippen molar-refractivity contribution in [1.82, 2.24) is 9.97 Å². The van der Waals surface area contributed by atoms with Gasteiger partial charge in [-0.25, -0.2) is 0 Å². The van der Waals surface area contributed by atoms with E-state index in [-0.39, 0.29) is 0 Å². The fourth-order valence-corrected chi connectivity index (χ4v) is 1.88. The summed E-state index contributed by atoms with van der Waals surface area (Å²) in [6.07, 6.45) is 8.44. The molecule has 19 heavy (non-hydrogen) atoms. The number of aryl methyl sites for hydroxylation is 2. The average Bonchev–Trinajstić information content (AvgIpc) is 2.42. The van der Waals surface area contributed by atoms with Crippen LogP contribution in [0.4, 0.5) is 11.4 Å². The Morgan fingerprint density at radius 3 is 1.74 bits per heavy atom. The molecule has 0 aliphatic rings. The van der Waals surface area contributed by atoms with Gasteiger partial charge in [-0.05, 0) is 43.5 Å². The first kappa shape index (κ1) is 13.3. The van der Waals surface area contributed by atoms with E-state index in [0.29, 0.717) is 0 Å². The highest BCUT2D eigenvalue weighted by Gasteiger charge is 1.97. The summed E-state index contributed by atoms with van der Waals surface area (Å²) >= 11 is 0. The van der Waals surface area contributed by atoms with Gasteiger partial charge in [-0.2, -0.15) is 0 Å². The molecule has 2 N–H and O–H groups in total. The minimum absolute atomic E-state index is 0.946. The fourth-order valence-electron chi connectivity index (χ4n) is 1.88. The molecule has 2 rings (SSSR count). The van der Waals surface area contributed by atoms with E-state index in [1.54, 1.807) is 0 Å². The van der Waals surface area contributed by atoms with Crippen LogP contribution >= 0.6 is 0 Å². The maximum absolute atomic E-state index is 4.08. The summed E-state index contributed by atoms with van der Waals surface area (Å²) in [5, 5.41) is 6.84. The largest absolute Gasteiger partial charge is 0.385 e. The van der Waals surface area contributed by atoms with E-state index in [1.165, 1.54) is 11.1 Å². The molecule has 0 amide bonds. The molecule has 100 valence electrons. The number of hydrogen-bond acceptors (Lipinski definition) is 4. The summed E-state index contributed by atoms with van der Waals surface area (Å²) in [5.74, 6) is 0. The number of aromatic nitrogens is 2. The lowest BCUT2D eigenvalue weighted by Gasteiger charge is -2.11. The van der Waals surface area contributed by atoms with Gasteiger partial charge in [0.25, 0.3) is 0 Å². The summed E-state index contributed by atoms with van der Waals surface area (Å²) in [4.78, 5) is 8.16. The monoisotopic (exact) mass is 256 g/mol. The van der Waals surface area contributed by atoms with Gasteiger partial charge in [-0.3, -0.25) is 9.97 Å². The van der Waals surface area contributed by atoms with Gasteiger partial charge in [0.1, 0.15) is 0 Å². The molecule has 0 saturated heterocycles. The van der Waals surface area contributed by atoms with Gasteiger partial charge in [0.2, 0.25) is 0 Å². The van der Waals surface area contributed by atoms with E-state index in [0.717, 1.165) is 30.9 Å². The van der Waals surface area contributed by atoms with Crippen LogP contribution in [-0.4, -0.2) is 23.1 Å². The number of nitrogens with zero attached hydrogens (tertiary/aromatic N) is 2. The second kappa shape index (κ2) is 6.73. The number of anilines is 2. The number of hydrogen-bond donors (Lipinski definition) is 2. The van der Waals surface area contributed by atoms with Gasteiger partial charge < -0.3 is 10.6 Å². The maximum atomic E-state index is 4.08. The first-order chi connectivity index (χ1) is 9.27. The van der Waals surface area contributed by atoms with Crippen molar-refractivity contribution in [3.05, 3.63) is 48.0 Å². The summed E-state index contributed by atoms with van der Waals surface area (Å²) in [7, 11) is 0. The highest BCUT2D eigenvalue weighted by Crippen LogP contribution is 2.12. The fraction of sp³-hybridized carbons (Fsp3) is 0.333. The lowest BCUT2D eigenvalue weighted by Crippen LogP contribution is -2.10. The van der Waals surface area contributed by atoms with Gasteiger partial charge in [-0.15, -0.1) is 0 Å². The molecule has 4 nitrogen and oxygen atoms in total. The Morgan fingerprint density at radius 2 is 1.32 bits per heavy atom. The molecule has 0 atom stereocenters. The standard InChI is InChI=1S/C15H20N4/c1-12-10-16-8-4-14(12)18-6-3-7-19-15-5-9-17-11-13(15)2/h4-5,8-11H,3,6-7H2,1-2H3,(H,16,18)(H,17,19). The van der Waals surface area contributed by atoms with E-state index in [4.69, 9.17) is 0 Å². The molecule has 0 fully saturated rings. The number of nitrogens with one attached hydrogen (secondary N) is 2. The van der Waals surface area contributed by atoms with E-state index >= 15 is 0 Å². The second-order valence-electron chi connectivity index (χ2n) is 4.59. The first-order valence-electron chi connectivity index (χ1n) is 6.56. The number of pyridine rings is 2. The van der Waals surface area contributed by atoms with Crippen molar-refractivity contribution < 1.29 is 0 Å². The molecule has 0 saturated carbocycles. The average molecular weight is 256 g/mol. The Balaban J connectivity index is 1.71. The van der Waals surface area contributed by atoms with Crippen LogP contribution in [0.1, 0.15) is 17.5 Å². The Labute approximate surface area is 114 Å². The third kappa shape index (κ3) is 3.95. The van der Waals surface area contributed by atoms with Gasteiger partial charge in [0.15, 0.2) is 0 Å². The van der Waals surface area contributed by atoms with E-state index in [9.17, 15) is 0 Å². The van der Waals surface area contributed by atoms with Crippen LogP contribution < -0.4 is 10.6 Å². The van der Waals surface area contributed by atoms with Crippen LogP contribution in [0.3, 0.4) is 0 Å². The van der Waals surface area contributed by atoms with Crippen molar-refractivity contribution in [2.45, 2.75) is 20.3 Å². The lowest BCUT2D eigenvalue weighted by atomic mass is 10.2. The zero-order valence-electron chi connectivity index (χ0n) is 11.5. The summed E-state index contributed by atoms with van der Waals surface area (Å²) < 4.78 is 0. The molecule has 4 heteroatoms.